The largest absolute Gasteiger partial charge is 0.278 e. The van der Waals surface area contributed by atoms with E-state index in [-0.39, 0.29) is 15.5 Å². The minimum atomic E-state index is -3.79. The van der Waals surface area contributed by atoms with Crippen LogP contribution < -0.4 is 10.1 Å². The lowest BCUT2D eigenvalue weighted by Gasteiger charge is -2.11. The van der Waals surface area contributed by atoms with E-state index in [4.69, 9.17) is 23.2 Å². The molecule has 0 saturated heterocycles. The van der Waals surface area contributed by atoms with E-state index in [0.717, 1.165) is 11.3 Å². The first-order valence-electron chi connectivity index (χ1n) is 8.23. The lowest BCUT2D eigenvalue weighted by molar-refractivity contribution is 0.0955. The molecular weight excluding hydrogens is 453 g/mol. The van der Waals surface area contributed by atoms with Gasteiger partial charge >= 0.3 is 0 Å². The maximum Gasteiger partial charge on any atom is 0.273 e. The Balaban J connectivity index is 1.83. The SMILES string of the molecule is C/C(=N/NC(=O)c1ccccc1NS(=O)(=O)c1cccs1)c1cc(Cl)ccc1Cl. The van der Waals surface area contributed by atoms with Crippen LogP contribution in [-0.4, -0.2) is 20.0 Å². The molecule has 0 unspecified atom stereocenters. The molecule has 1 amide bonds. The molecular formula is C19H15Cl2N3O3S2. The summed E-state index contributed by atoms with van der Waals surface area (Å²) in [5.41, 5.74) is 3.71. The summed E-state index contributed by atoms with van der Waals surface area (Å²) in [6, 6.07) is 14.3. The van der Waals surface area contributed by atoms with Gasteiger partial charge in [0.1, 0.15) is 4.21 Å². The highest BCUT2D eigenvalue weighted by atomic mass is 35.5. The number of hydrogen-bond donors (Lipinski definition) is 2. The number of hydrazone groups is 1. The quantitative estimate of drug-likeness (QED) is 0.394. The van der Waals surface area contributed by atoms with Gasteiger partial charge in [0.05, 0.1) is 17.0 Å². The first-order valence-corrected chi connectivity index (χ1v) is 11.4. The van der Waals surface area contributed by atoms with Gasteiger partial charge in [-0.05, 0) is 48.7 Å². The molecule has 0 spiro atoms. The molecule has 29 heavy (non-hydrogen) atoms. The number of carbonyl (C=O) groups is 1. The van der Waals surface area contributed by atoms with Crippen LogP contribution in [0.15, 0.2) is 69.3 Å². The minimum Gasteiger partial charge on any atom is -0.278 e. The molecule has 3 aromatic rings. The van der Waals surface area contributed by atoms with Gasteiger partial charge < -0.3 is 0 Å². The lowest BCUT2D eigenvalue weighted by Crippen LogP contribution is -2.22. The predicted molar refractivity (Wildman–Crippen MR) is 118 cm³/mol. The molecule has 1 heterocycles. The zero-order valence-corrected chi connectivity index (χ0v) is 18.2. The van der Waals surface area contributed by atoms with Crippen molar-refractivity contribution in [1.29, 1.82) is 0 Å². The normalized spacial score (nSPS) is 11.9. The first-order chi connectivity index (χ1) is 13.8. The van der Waals surface area contributed by atoms with Crippen molar-refractivity contribution in [2.24, 2.45) is 5.10 Å². The molecule has 0 fully saturated rings. The van der Waals surface area contributed by atoms with Crippen LogP contribution in [0, 0.1) is 0 Å². The second-order valence-corrected chi connectivity index (χ2v) is 9.55. The Kier molecular flexibility index (Phi) is 6.59. The highest BCUT2D eigenvalue weighted by Crippen LogP contribution is 2.23. The average Bonchev–Trinajstić information content (AvgIpc) is 3.24. The van der Waals surface area contributed by atoms with Crippen molar-refractivity contribution in [3.63, 3.8) is 0 Å². The van der Waals surface area contributed by atoms with Crippen LogP contribution >= 0.6 is 34.5 Å². The van der Waals surface area contributed by atoms with Gasteiger partial charge in [0, 0.05) is 15.6 Å². The molecule has 1 aromatic heterocycles. The number of rotatable bonds is 6. The number of halogens is 2. The van der Waals surface area contributed by atoms with E-state index in [2.05, 4.69) is 15.2 Å². The first kappa shape index (κ1) is 21.3. The number of nitrogens with one attached hydrogen (secondary N) is 2. The molecule has 0 aliphatic carbocycles. The van der Waals surface area contributed by atoms with E-state index in [1.807, 2.05) is 0 Å². The number of para-hydroxylation sites is 1. The van der Waals surface area contributed by atoms with E-state index < -0.39 is 15.9 Å². The number of carbonyl (C=O) groups excluding carboxylic acids is 1. The number of benzene rings is 2. The number of nitrogens with zero attached hydrogens (tertiary/aromatic N) is 1. The van der Waals surface area contributed by atoms with E-state index in [9.17, 15) is 13.2 Å². The smallest absolute Gasteiger partial charge is 0.273 e. The Bertz CT molecular complexity index is 1180. The zero-order chi connectivity index (χ0) is 21.0. The fraction of sp³-hybridized carbons (Fsp3) is 0.0526. The van der Waals surface area contributed by atoms with Gasteiger partial charge in [-0.1, -0.05) is 41.4 Å². The van der Waals surface area contributed by atoms with Gasteiger partial charge in [0.25, 0.3) is 15.9 Å². The van der Waals surface area contributed by atoms with Crippen LogP contribution in [0.4, 0.5) is 5.69 Å². The summed E-state index contributed by atoms with van der Waals surface area (Å²) in [6.45, 7) is 1.67. The molecule has 0 aliphatic heterocycles. The molecule has 2 N–H and O–H groups in total. The van der Waals surface area contributed by atoms with Crippen LogP contribution in [-0.2, 0) is 10.0 Å². The van der Waals surface area contributed by atoms with Gasteiger partial charge in [-0.15, -0.1) is 11.3 Å². The number of thiophene rings is 1. The fourth-order valence-corrected chi connectivity index (χ4v) is 4.91. The minimum absolute atomic E-state index is 0.126. The molecule has 3 rings (SSSR count). The summed E-state index contributed by atoms with van der Waals surface area (Å²) in [7, 11) is -3.79. The van der Waals surface area contributed by atoms with Crippen molar-refractivity contribution in [3.8, 4) is 0 Å². The molecule has 0 saturated carbocycles. The summed E-state index contributed by atoms with van der Waals surface area (Å²) in [5.74, 6) is -0.577. The van der Waals surface area contributed by atoms with Crippen LogP contribution in [0.25, 0.3) is 0 Å². The monoisotopic (exact) mass is 467 g/mol. The van der Waals surface area contributed by atoms with Crippen molar-refractivity contribution in [1.82, 2.24) is 5.43 Å². The molecule has 6 nitrogen and oxygen atoms in total. The van der Waals surface area contributed by atoms with Gasteiger partial charge in [-0.2, -0.15) is 5.10 Å². The zero-order valence-electron chi connectivity index (χ0n) is 15.0. The van der Waals surface area contributed by atoms with E-state index in [0.29, 0.717) is 21.3 Å². The van der Waals surface area contributed by atoms with Gasteiger partial charge in [-0.3, -0.25) is 9.52 Å². The molecule has 0 aliphatic rings. The molecule has 150 valence electrons. The van der Waals surface area contributed by atoms with E-state index in [1.165, 1.54) is 18.2 Å². The number of hydrogen-bond acceptors (Lipinski definition) is 5. The average molecular weight is 468 g/mol. The summed E-state index contributed by atoms with van der Waals surface area (Å²) in [6.07, 6.45) is 0. The summed E-state index contributed by atoms with van der Waals surface area (Å²) in [5, 5.41) is 6.64. The Morgan fingerprint density at radius 1 is 1.03 bits per heavy atom. The fourth-order valence-electron chi connectivity index (χ4n) is 2.41. The summed E-state index contributed by atoms with van der Waals surface area (Å²) < 4.78 is 27.5. The number of sulfonamides is 1. The number of amides is 1. The van der Waals surface area contributed by atoms with Crippen molar-refractivity contribution >= 4 is 61.9 Å². The Labute approximate surface area is 182 Å². The predicted octanol–water partition coefficient (Wildman–Crippen LogP) is 5.01. The number of anilines is 1. The van der Waals surface area contributed by atoms with E-state index >= 15 is 0 Å². The van der Waals surface area contributed by atoms with E-state index in [1.54, 1.807) is 48.7 Å². The van der Waals surface area contributed by atoms with Crippen LogP contribution in [0.3, 0.4) is 0 Å². The Morgan fingerprint density at radius 2 is 1.79 bits per heavy atom. The third-order valence-corrected chi connectivity index (χ3v) is 7.15. The highest BCUT2D eigenvalue weighted by Gasteiger charge is 2.19. The summed E-state index contributed by atoms with van der Waals surface area (Å²) in [4.78, 5) is 12.6. The maximum absolute atomic E-state index is 12.6. The molecule has 0 bridgehead atoms. The Hall–Kier alpha value is -2.39. The second kappa shape index (κ2) is 8.96. The molecule has 10 heteroatoms. The molecule has 0 atom stereocenters. The standard InChI is InChI=1S/C19H15Cl2N3O3S2/c1-12(15-11-13(20)8-9-16(15)21)22-23-19(25)14-5-2-3-6-17(14)24-29(26,27)18-7-4-10-28-18/h2-11,24H,1H3,(H,23,25)/b22-12-. The van der Waals surface area contributed by atoms with Crippen molar-refractivity contribution in [2.45, 2.75) is 11.1 Å². The maximum atomic E-state index is 12.6. The van der Waals surface area contributed by atoms with Crippen LogP contribution in [0.5, 0.6) is 0 Å². The van der Waals surface area contributed by atoms with Gasteiger partial charge in [0.15, 0.2) is 0 Å². The summed E-state index contributed by atoms with van der Waals surface area (Å²) >= 11 is 13.2. The third-order valence-electron chi connectivity index (χ3n) is 3.82. The van der Waals surface area contributed by atoms with Crippen LogP contribution in [0.1, 0.15) is 22.8 Å². The third kappa shape index (κ3) is 5.16. The van der Waals surface area contributed by atoms with Gasteiger partial charge in [0.2, 0.25) is 0 Å². The highest BCUT2D eigenvalue weighted by molar-refractivity contribution is 7.94. The lowest BCUT2D eigenvalue weighted by atomic mass is 10.1. The Morgan fingerprint density at radius 3 is 2.52 bits per heavy atom. The topological polar surface area (TPSA) is 87.6 Å². The van der Waals surface area contributed by atoms with Gasteiger partial charge in [-0.25, -0.2) is 13.8 Å². The van der Waals surface area contributed by atoms with Crippen molar-refractivity contribution in [2.75, 3.05) is 4.72 Å². The second-order valence-electron chi connectivity index (χ2n) is 5.85. The molecule has 2 aromatic carbocycles. The van der Waals surface area contributed by atoms with Crippen molar-refractivity contribution in [3.05, 3.63) is 81.1 Å². The van der Waals surface area contributed by atoms with Crippen LogP contribution in [0.2, 0.25) is 10.0 Å². The molecule has 0 radical (unpaired) electrons. The van der Waals surface area contributed by atoms with Crippen molar-refractivity contribution < 1.29 is 13.2 Å².